The van der Waals surface area contributed by atoms with Gasteiger partial charge in [-0.25, -0.2) is 0 Å². The normalized spacial score (nSPS) is 40.8. The Bertz CT molecular complexity index is 264. The summed E-state index contributed by atoms with van der Waals surface area (Å²) in [6.45, 7) is 12.2. The van der Waals surface area contributed by atoms with Crippen molar-refractivity contribution in [3.05, 3.63) is 0 Å². The molecule has 3 heteroatoms. The van der Waals surface area contributed by atoms with E-state index in [1.807, 2.05) is 0 Å². The molecule has 0 aromatic rings. The summed E-state index contributed by atoms with van der Waals surface area (Å²) in [4.78, 5) is 0. The Morgan fingerprint density at radius 2 is 1.94 bits per heavy atom. The predicted octanol–water partition coefficient (Wildman–Crippen LogP) is 2.63. The van der Waals surface area contributed by atoms with Crippen molar-refractivity contribution in [2.75, 3.05) is 13.2 Å². The summed E-state index contributed by atoms with van der Waals surface area (Å²) in [6, 6.07) is 0. The Labute approximate surface area is 105 Å². The predicted molar refractivity (Wildman–Crippen MR) is 67.1 cm³/mol. The lowest BCUT2D eigenvalue weighted by Crippen LogP contribution is -2.39. The molecule has 2 bridgehead atoms. The standard InChI is InChI=1S/C14H26O3/c1-9(2)15-7-14-6-11(5)12(16-8-14)13(14)17-10(3)4/h9-13H,6-8H2,1-5H3/t11-,12+,13?,14-/m1/s1. The van der Waals surface area contributed by atoms with Gasteiger partial charge >= 0.3 is 0 Å². The maximum absolute atomic E-state index is 6.10. The number of rotatable bonds is 5. The highest BCUT2D eigenvalue weighted by Crippen LogP contribution is 2.51. The molecule has 17 heavy (non-hydrogen) atoms. The molecule has 1 aliphatic heterocycles. The van der Waals surface area contributed by atoms with Gasteiger partial charge in [-0.1, -0.05) is 6.92 Å². The number of fused-ring (bicyclic) bond motifs is 2. The van der Waals surface area contributed by atoms with Crippen LogP contribution in [0.15, 0.2) is 0 Å². The van der Waals surface area contributed by atoms with Gasteiger partial charge < -0.3 is 14.2 Å². The van der Waals surface area contributed by atoms with Crippen LogP contribution in [0.25, 0.3) is 0 Å². The van der Waals surface area contributed by atoms with Crippen LogP contribution in [0.5, 0.6) is 0 Å². The molecule has 100 valence electrons. The molecule has 2 rings (SSSR count). The van der Waals surface area contributed by atoms with Crippen molar-refractivity contribution in [2.45, 2.75) is 65.5 Å². The molecule has 0 radical (unpaired) electrons. The van der Waals surface area contributed by atoms with Gasteiger partial charge in [-0.2, -0.15) is 0 Å². The van der Waals surface area contributed by atoms with Crippen molar-refractivity contribution in [3.8, 4) is 0 Å². The third-order valence-corrected chi connectivity index (χ3v) is 3.88. The van der Waals surface area contributed by atoms with E-state index in [0.717, 1.165) is 13.2 Å². The van der Waals surface area contributed by atoms with Crippen LogP contribution in [0.4, 0.5) is 0 Å². The zero-order chi connectivity index (χ0) is 12.6. The van der Waals surface area contributed by atoms with Crippen LogP contribution < -0.4 is 0 Å². The largest absolute Gasteiger partial charge is 0.378 e. The second-order valence-electron chi connectivity index (χ2n) is 6.28. The fourth-order valence-corrected chi connectivity index (χ4v) is 3.21. The Hall–Kier alpha value is -0.120. The van der Waals surface area contributed by atoms with E-state index in [0.29, 0.717) is 5.92 Å². The minimum atomic E-state index is 0.0959. The van der Waals surface area contributed by atoms with Gasteiger partial charge in [0.25, 0.3) is 0 Å². The zero-order valence-electron chi connectivity index (χ0n) is 11.7. The van der Waals surface area contributed by atoms with Crippen molar-refractivity contribution in [2.24, 2.45) is 11.3 Å². The maximum atomic E-state index is 6.10. The van der Waals surface area contributed by atoms with Crippen molar-refractivity contribution < 1.29 is 14.2 Å². The number of hydrogen-bond acceptors (Lipinski definition) is 3. The van der Waals surface area contributed by atoms with E-state index >= 15 is 0 Å². The summed E-state index contributed by atoms with van der Waals surface area (Å²) < 4.78 is 17.9. The van der Waals surface area contributed by atoms with Crippen molar-refractivity contribution in [3.63, 3.8) is 0 Å². The third-order valence-electron chi connectivity index (χ3n) is 3.88. The number of hydrogen-bond donors (Lipinski definition) is 0. The minimum Gasteiger partial charge on any atom is -0.378 e. The highest BCUT2D eigenvalue weighted by molar-refractivity contribution is 5.07. The minimum absolute atomic E-state index is 0.0959. The fourth-order valence-electron chi connectivity index (χ4n) is 3.21. The smallest absolute Gasteiger partial charge is 0.0943 e. The first-order chi connectivity index (χ1) is 7.94. The molecule has 3 nitrogen and oxygen atoms in total. The maximum Gasteiger partial charge on any atom is 0.0943 e. The molecule has 0 aromatic carbocycles. The zero-order valence-corrected chi connectivity index (χ0v) is 11.7. The Kier molecular flexibility index (Phi) is 3.81. The highest BCUT2D eigenvalue weighted by Gasteiger charge is 2.59. The lowest BCUT2D eigenvalue weighted by molar-refractivity contribution is -0.0786. The molecule has 1 heterocycles. The van der Waals surface area contributed by atoms with Crippen molar-refractivity contribution in [1.82, 2.24) is 0 Å². The average Bonchev–Trinajstić information content (AvgIpc) is 2.67. The SMILES string of the molecule is CC(C)OC[C@]12CO[C@H](C1OC(C)C)[C@H](C)C2. The topological polar surface area (TPSA) is 27.7 Å². The summed E-state index contributed by atoms with van der Waals surface area (Å²) in [6.07, 6.45) is 2.19. The lowest BCUT2D eigenvalue weighted by atomic mass is 9.85. The molecule has 1 saturated heterocycles. The fraction of sp³-hybridized carbons (Fsp3) is 1.00. The van der Waals surface area contributed by atoms with Crippen LogP contribution in [0.1, 0.15) is 41.0 Å². The Balaban J connectivity index is 2.07. The van der Waals surface area contributed by atoms with Crippen LogP contribution in [0, 0.1) is 11.3 Å². The molecule has 1 saturated carbocycles. The van der Waals surface area contributed by atoms with E-state index in [2.05, 4.69) is 34.6 Å². The molecule has 2 fully saturated rings. The third kappa shape index (κ3) is 2.51. The van der Waals surface area contributed by atoms with Gasteiger partial charge in [0, 0.05) is 5.41 Å². The monoisotopic (exact) mass is 242 g/mol. The molecule has 0 N–H and O–H groups in total. The second-order valence-corrected chi connectivity index (χ2v) is 6.28. The molecular weight excluding hydrogens is 216 g/mol. The molecule has 0 aromatic heterocycles. The first-order valence-electron chi connectivity index (χ1n) is 6.83. The van der Waals surface area contributed by atoms with Gasteiger partial charge in [-0.3, -0.25) is 0 Å². The van der Waals surface area contributed by atoms with Crippen LogP contribution >= 0.6 is 0 Å². The van der Waals surface area contributed by atoms with E-state index in [4.69, 9.17) is 14.2 Å². The Morgan fingerprint density at radius 1 is 1.24 bits per heavy atom. The molecule has 2 aliphatic rings. The van der Waals surface area contributed by atoms with Crippen molar-refractivity contribution in [1.29, 1.82) is 0 Å². The Morgan fingerprint density at radius 3 is 2.47 bits per heavy atom. The van der Waals surface area contributed by atoms with Gasteiger partial charge in [0.15, 0.2) is 0 Å². The van der Waals surface area contributed by atoms with Gasteiger partial charge in [-0.05, 0) is 40.0 Å². The van der Waals surface area contributed by atoms with Crippen molar-refractivity contribution >= 4 is 0 Å². The second kappa shape index (κ2) is 4.87. The number of ether oxygens (including phenoxy) is 3. The van der Waals surface area contributed by atoms with Gasteiger partial charge in [0.1, 0.15) is 0 Å². The van der Waals surface area contributed by atoms with Crippen LogP contribution in [0.3, 0.4) is 0 Å². The van der Waals surface area contributed by atoms with E-state index < -0.39 is 0 Å². The van der Waals surface area contributed by atoms with Gasteiger partial charge in [0.2, 0.25) is 0 Å². The quantitative estimate of drug-likeness (QED) is 0.741. The molecule has 1 aliphatic carbocycles. The first kappa shape index (κ1) is 13.3. The van der Waals surface area contributed by atoms with Crippen LogP contribution in [-0.2, 0) is 14.2 Å². The molecule has 0 amide bonds. The summed E-state index contributed by atoms with van der Waals surface area (Å²) in [7, 11) is 0. The van der Waals surface area contributed by atoms with E-state index in [1.165, 1.54) is 6.42 Å². The van der Waals surface area contributed by atoms with E-state index in [-0.39, 0.29) is 29.8 Å². The van der Waals surface area contributed by atoms with Crippen LogP contribution in [-0.4, -0.2) is 37.6 Å². The van der Waals surface area contributed by atoms with E-state index in [1.54, 1.807) is 0 Å². The van der Waals surface area contributed by atoms with E-state index in [9.17, 15) is 0 Å². The molecule has 1 unspecified atom stereocenters. The summed E-state index contributed by atoms with van der Waals surface area (Å²) in [5.41, 5.74) is 0.0959. The van der Waals surface area contributed by atoms with Gasteiger partial charge in [0.05, 0.1) is 37.6 Å². The van der Waals surface area contributed by atoms with Gasteiger partial charge in [-0.15, -0.1) is 0 Å². The van der Waals surface area contributed by atoms with Crippen LogP contribution in [0.2, 0.25) is 0 Å². The molecule has 0 spiro atoms. The summed E-state index contributed by atoms with van der Waals surface area (Å²) >= 11 is 0. The molecular formula is C14H26O3. The lowest BCUT2D eigenvalue weighted by Gasteiger charge is -2.31. The molecule has 4 atom stereocenters. The first-order valence-corrected chi connectivity index (χ1v) is 6.83. The summed E-state index contributed by atoms with van der Waals surface area (Å²) in [5.74, 6) is 0.586. The summed E-state index contributed by atoms with van der Waals surface area (Å²) in [5, 5.41) is 0. The highest BCUT2D eigenvalue weighted by atomic mass is 16.6. The average molecular weight is 242 g/mol.